The summed E-state index contributed by atoms with van der Waals surface area (Å²) in [6, 6.07) is 7.64. The number of thiazole rings is 1. The number of pyridine rings is 1. The number of hydrogen-bond acceptors (Lipinski definition) is 7. The van der Waals surface area contributed by atoms with E-state index in [-0.39, 0.29) is 11.6 Å². The molecule has 0 saturated carbocycles. The van der Waals surface area contributed by atoms with Crippen LogP contribution in [0.5, 0.6) is 0 Å². The van der Waals surface area contributed by atoms with Crippen molar-refractivity contribution in [2.45, 2.75) is 26.8 Å². The van der Waals surface area contributed by atoms with Crippen molar-refractivity contribution in [1.29, 1.82) is 5.41 Å². The molecule has 1 aliphatic heterocycles. The number of anilines is 1. The van der Waals surface area contributed by atoms with Crippen LogP contribution in [0.4, 0.5) is 5.69 Å². The number of hydrogen-bond donors (Lipinski definition) is 2. The minimum Gasteiger partial charge on any atom is -0.398 e. The first kappa shape index (κ1) is 23.4. The number of nitrogen functional groups attached to an aromatic ring is 1. The summed E-state index contributed by atoms with van der Waals surface area (Å²) < 4.78 is 0. The van der Waals surface area contributed by atoms with Gasteiger partial charge in [-0.05, 0) is 44.5 Å². The van der Waals surface area contributed by atoms with Crippen molar-refractivity contribution < 1.29 is 4.79 Å². The van der Waals surface area contributed by atoms with E-state index in [1.807, 2.05) is 24.0 Å². The van der Waals surface area contributed by atoms with Crippen molar-refractivity contribution in [3.63, 3.8) is 0 Å². The largest absolute Gasteiger partial charge is 0.398 e. The van der Waals surface area contributed by atoms with Crippen LogP contribution < -0.4 is 5.73 Å². The van der Waals surface area contributed by atoms with Crippen LogP contribution in [0.1, 0.15) is 40.5 Å². The van der Waals surface area contributed by atoms with Crippen molar-refractivity contribution in [3.05, 3.63) is 63.5 Å². The van der Waals surface area contributed by atoms with Gasteiger partial charge in [0.05, 0.1) is 10.6 Å². The molecular formula is C24H27ClN6OS. The summed E-state index contributed by atoms with van der Waals surface area (Å²) >= 11 is 7.49. The predicted molar refractivity (Wildman–Crippen MR) is 134 cm³/mol. The molecule has 2 aromatic heterocycles. The van der Waals surface area contributed by atoms with Crippen molar-refractivity contribution in [1.82, 2.24) is 19.8 Å². The van der Waals surface area contributed by atoms with Crippen molar-refractivity contribution in [2.24, 2.45) is 0 Å². The Bertz CT molecular complexity index is 1190. The highest BCUT2D eigenvalue weighted by atomic mass is 35.5. The van der Waals surface area contributed by atoms with Crippen LogP contribution in [0, 0.1) is 12.3 Å². The Balaban J connectivity index is 1.71. The fourth-order valence-corrected chi connectivity index (χ4v) is 5.07. The maximum Gasteiger partial charge on any atom is 0.274 e. The van der Waals surface area contributed by atoms with E-state index < -0.39 is 0 Å². The van der Waals surface area contributed by atoms with Gasteiger partial charge >= 0.3 is 0 Å². The lowest BCUT2D eigenvalue weighted by Gasteiger charge is -2.36. The molecule has 1 aliphatic rings. The minimum atomic E-state index is -0.118. The SMILES string of the molecule is Cc1c(Cl)ccc(C(=N)c2nc(C(=O)N3CCN(C(C)C)CC3)c(-c3cccnc3)s2)c1N. The molecule has 9 heteroatoms. The van der Waals surface area contributed by atoms with Gasteiger partial charge in [0.1, 0.15) is 10.7 Å². The quantitative estimate of drug-likeness (QED) is 0.416. The summed E-state index contributed by atoms with van der Waals surface area (Å²) in [5.74, 6) is -0.118. The van der Waals surface area contributed by atoms with E-state index in [4.69, 9.17) is 22.7 Å². The second-order valence-corrected chi connectivity index (χ2v) is 9.78. The molecule has 3 N–H and O–H groups in total. The first-order valence-corrected chi connectivity index (χ1v) is 12.1. The number of nitrogens with zero attached hydrogens (tertiary/aromatic N) is 4. The summed E-state index contributed by atoms with van der Waals surface area (Å²) in [6.07, 6.45) is 3.41. The molecule has 3 aromatic rings. The van der Waals surface area contributed by atoms with Crippen molar-refractivity contribution in [2.75, 3.05) is 31.9 Å². The number of aromatic nitrogens is 2. The predicted octanol–water partition coefficient (Wildman–Crippen LogP) is 4.33. The van der Waals surface area contributed by atoms with Crippen LogP contribution in [-0.2, 0) is 0 Å². The molecule has 0 spiro atoms. The summed E-state index contributed by atoms with van der Waals surface area (Å²) in [7, 11) is 0. The number of nitrogens with one attached hydrogen (secondary N) is 1. The van der Waals surface area contributed by atoms with Crippen molar-refractivity contribution in [3.8, 4) is 10.4 Å². The molecule has 1 fully saturated rings. The lowest BCUT2D eigenvalue weighted by Crippen LogP contribution is -2.50. The Hall–Kier alpha value is -2.81. The monoisotopic (exact) mass is 482 g/mol. The van der Waals surface area contributed by atoms with Crippen LogP contribution in [0.3, 0.4) is 0 Å². The fourth-order valence-electron chi connectivity index (χ4n) is 3.89. The zero-order valence-corrected chi connectivity index (χ0v) is 20.5. The molecule has 1 aromatic carbocycles. The Morgan fingerprint density at radius 2 is 1.94 bits per heavy atom. The van der Waals surface area contributed by atoms with E-state index >= 15 is 0 Å². The Morgan fingerprint density at radius 1 is 1.21 bits per heavy atom. The summed E-state index contributed by atoms with van der Waals surface area (Å²) in [6.45, 7) is 9.12. The highest BCUT2D eigenvalue weighted by Gasteiger charge is 2.29. The van der Waals surface area contributed by atoms with E-state index in [1.54, 1.807) is 24.5 Å². The zero-order valence-electron chi connectivity index (χ0n) is 18.9. The second kappa shape index (κ2) is 9.59. The molecule has 1 amide bonds. The highest BCUT2D eigenvalue weighted by Crippen LogP contribution is 2.34. The van der Waals surface area contributed by atoms with E-state index in [0.717, 1.165) is 24.2 Å². The number of carbonyl (C=O) groups is 1. The van der Waals surface area contributed by atoms with E-state index in [2.05, 4.69) is 28.7 Å². The summed E-state index contributed by atoms with van der Waals surface area (Å²) in [4.78, 5) is 27.3. The first-order valence-electron chi connectivity index (χ1n) is 10.9. The van der Waals surface area contributed by atoms with E-state index in [9.17, 15) is 4.79 Å². The molecule has 7 nitrogen and oxygen atoms in total. The Kier molecular flexibility index (Phi) is 6.78. The van der Waals surface area contributed by atoms with E-state index in [1.165, 1.54) is 11.3 Å². The van der Waals surface area contributed by atoms with Gasteiger partial charge in [0.15, 0.2) is 0 Å². The van der Waals surface area contributed by atoms with Gasteiger partial charge in [-0.2, -0.15) is 0 Å². The normalized spacial score (nSPS) is 14.6. The Labute approximate surface area is 202 Å². The minimum absolute atomic E-state index is 0.118. The molecule has 0 unspecified atom stereocenters. The fraction of sp³-hybridized carbons (Fsp3) is 0.333. The van der Waals surface area contributed by atoms with Crippen LogP contribution in [0.2, 0.25) is 5.02 Å². The first-order chi connectivity index (χ1) is 15.8. The molecular weight excluding hydrogens is 456 g/mol. The number of benzene rings is 1. The third-order valence-corrected chi connectivity index (χ3v) is 7.55. The number of amides is 1. The van der Waals surface area contributed by atoms with Gasteiger partial charge in [-0.3, -0.25) is 20.1 Å². The van der Waals surface area contributed by atoms with Gasteiger partial charge in [-0.1, -0.05) is 17.7 Å². The molecule has 0 aliphatic carbocycles. The summed E-state index contributed by atoms with van der Waals surface area (Å²) in [5.41, 5.74) is 9.31. The van der Waals surface area contributed by atoms with Gasteiger partial charge < -0.3 is 10.6 Å². The maximum absolute atomic E-state index is 13.5. The van der Waals surface area contributed by atoms with Gasteiger partial charge in [0, 0.05) is 66.5 Å². The number of piperazine rings is 1. The topological polar surface area (TPSA) is 99.2 Å². The summed E-state index contributed by atoms with van der Waals surface area (Å²) in [5, 5.41) is 9.78. The smallest absolute Gasteiger partial charge is 0.274 e. The lowest BCUT2D eigenvalue weighted by atomic mass is 10.0. The molecule has 0 atom stereocenters. The lowest BCUT2D eigenvalue weighted by molar-refractivity contribution is 0.0591. The van der Waals surface area contributed by atoms with Gasteiger partial charge in [0.2, 0.25) is 0 Å². The third-order valence-electron chi connectivity index (χ3n) is 6.02. The molecule has 4 rings (SSSR count). The number of carbonyl (C=O) groups excluding carboxylic acids is 1. The number of nitrogens with two attached hydrogens (primary N) is 1. The van der Waals surface area contributed by atoms with Gasteiger partial charge in [0.25, 0.3) is 5.91 Å². The molecule has 3 heterocycles. The standard InChI is InChI=1S/C24H27ClN6OS/c1-14(2)30-9-11-31(12-10-30)24(32)21-22(16-5-4-8-28-13-16)33-23(29-21)20(27)17-6-7-18(25)15(3)19(17)26/h4-8,13-14,27H,9-12,26H2,1-3H3. The van der Waals surface area contributed by atoms with Crippen LogP contribution in [0.15, 0.2) is 36.7 Å². The van der Waals surface area contributed by atoms with Crippen LogP contribution >= 0.6 is 22.9 Å². The van der Waals surface area contributed by atoms with Crippen LogP contribution in [-0.4, -0.2) is 63.6 Å². The Morgan fingerprint density at radius 3 is 2.58 bits per heavy atom. The van der Waals surface area contributed by atoms with Crippen molar-refractivity contribution >= 4 is 40.2 Å². The second-order valence-electron chi connectivity index (χ2n) is 8.37. The van der Waals surface area contributed by atoms with Crippen LogP contribution in [0.25, 0.3) is 10.4 Å². The maximum atomic E-state index is 13.5. The molecule has 1 saturated heterocycles. The molecule has 0 radical (unpaired) electrons. The molecule has 0 bridgehead atoms. The highest BCUT2D eigenvalue weighted by molar-refractivity contribution is 7.17. The third kappa shape index (κ3) is 4.64. The number of halogens is 1. The van der Waals surface area contributed by atoms with Gasteiger partial charge in [-0.15, -0.1) is 11.3 Å². The number of rotatable bonds is 5. The van der Waals surface area contributed by atoms with Gasteiger partial charge in [-0.25, -0.2) is 4.98 Å². The van der Waals surface area contributed by atoms with E-state index in [0.29, 0.717) is 51.0 Å². The average Bonchev–Trinajstić information content (AvgIpc) is 3.28. The zero-order chi connectivity index (χ0) is 23.7. The molecule has 172 valence electrons. The molecule has 33 heavy (non-hydrogen) atoms. The average molecular weight is 483 g/mol.